The fourth-order valence-electron chi connectivity index (χ4n) is 2.92. The molecule has 0 bridgehead atoms. The van der Waals surface area contributed by atoms with Gasteiger partial charge < -0.3 is 10.4 Å². The van der Waals surface area contributed by atoms with Crippen LogP contribution >= 0.6 is 0 Å². The van der Waals surface area contributed by atoms with Crippen molar-refractivity contribution >= 4 is 0 Å². The standard InChI is InChI=1S/C13H26N2O/c1-10-6-11(2)15(7-10)8-13(3,9-16)14-12-4-5-12/h10-12,14,16H,4-9H2,1-3H3. The lowest BCUT2D eigenvalue weighted by atomic mass is 10.0. The molecule has 2 N–H and O–H groups in total. The Balaban J connectivity index is 1.89. The van der Waals surface area contributed by atoms with Gasteiger partial charge in [0.1, 0.15) is 0 Å². The summed E-state index contributed by atoms with van der Waals surface area (Å²) in [4.78, 5) is 2.52. The van der Waals surface area contributed by atoms with E-state index >= 15 is 0 Å². The second-order valence-electron chi connectivity index (χ2n) is 6.26. The molecule has 3 unspecified atom stereocenters. The number of nitrogens with one attached hydrogen (secondary N) is 1. The summed E-state index contributed by atoms with van der Waals surface area (Å²) in [7, 11) is 0. The minimum Gasteiger partial charge on any atom is -0.394 e. The zero-order valence-corrected chi connectivity index (χ0v) is 10.9. The summed E-state index contributed by atoms with van der Waals surface area (Å²) >= 11 is 0. The van der Waals surface area contributed by atoms with E-state index in [1.807, 2.05) is 0 Å². The van der Waals surface area contributed by atoms with Gasteiger partial charge in [-0.1, -0.05) is 6.92 Å². The van der Waals surface area contributed by atoms with Crippen molar-refractivity contribution in [3.63, 3.8) is 0 Å². The molecule has 1 saturated heterocycles. The zero-order valence-electron chi connectivity index (χ0n) is 10.9. The van der Waals surface area contributed by atoms with Crippen LogP contribution in [0, 0.1) is 5.92 Å². The minimum absolute atomic E-state index is 0.112. The van der Waals surface area contributed by atoms with Gasteiger partial charge in [0.25, 0.3) is 0 Å². The summed E-state index contributed by atoms with van der Waals surface area (Å²) in [5.41, 5.74) is -0.112. The Labute approximate surface area is 99.2 Å². The van der Waals surface area contributed by atoms with Gasteiger partial charge in [-0.15, -0.1) is 0 Å². The second kappa shape index (κ2) is 4.63. The third-order valence-corrected chi connectivity index (χ3v) is 3.94. The first-order valence-electron chi connectivity index (χ1n) is 6.65. The Kier molecular flexibility index (Phi) is 3.57. The van der Waals surface area contributed by atoms with Crippen LogP contribution in [-0.2, 0) is 0 Å². The van der Waals surface area contributed by atoms with Crippen LogP contribution in [0.25, 0.3) is 0 Å². The van der Waals surface area contributed by atoms with Crippen LogP contribution < -0.4 is 5.32 Å². The maximum Gasteiger partial charge on any atom is 0.0623 e. The molecule has 3 nitrogen and oxygen atoms in total. The Morgan fingerprint density at radius 1 is 1.38 bits per heavy atom. The van der Waals surface area contributed by atoms with Crippen molar-refractivity contribution in [1.29, 1.82) is 0 Å². The molecule has 1 aliphatic carbocycles. The van der Waals surface area contributed by atoms with Crippen LogP contribution in [0.5, 0.6) is 0 Å². The lowest BCUT2D eigenvalue weighted by molar-refractivity contribution is 0.114. The molecule has 94 valence electrons. The van der Waals surface area contributed by atoms with Gasteiger partial charge in [-0.25, -0.2) is 0 Å². The molecule has 16 heavy (non-hydrogen) atoms. The van der Waals surface area contributed by atoms with Gasteiger partial charge >= 0.3 is 0 Å². The van der Waals surface area contributed by atoms with Crippen LogP contribution in [0.3, 0.4) is 0 Å². The monoisotopic (exact) mass is 226 g/mol. The number of nitrogens with zero attached hydrogens (tertiary/aromatic N) is 1. The summed E-state index contributed by atoms with van der Waals surface area (Å²) in [5, 5.41) is 13.2. The lowest BCUT2D eigenvalue weighted by Crippen LogP contribution is -2.55. The molecule has 0 aromatic heterocycles. The van der Waals surface area contributed by atoms with E-state index in [0.717, 1.165) is 12.5 Å². The number of hydrogen-bond donors (Lipinski definition) is 2. The van der Waals surface area contributed by atoms with Crippen molar-refractivity contribution in [1.82, 2.24) is 10.2 Å². The SMILES string of the molecule is CC1CC(C)N(CC(C)(CO)NC2CC2)C1. The van der Waals surface area contributed by atoms with E-state index < -0.39 is 0 Å². The van der Waals surface area contributed by atoms with E-state index in [0.29, 0.717) is 12.1 Å². The smallest absolute Gasteiger partial charge is 0.0623 e. The topological polar surface area (TPSA) is 35.5 Å². The van der Waals surface area contributed by atoms with E-state index in [1.54, 1.807) is 0 Å². The first kappa shape index (κ1) is 12.3. The van der Waals surface area contributed by atoms with Crippen molar-refractivity contribution in [2.45, 2.75) is 57.7 Å². The number of hydrogen-bond acceptors (Lipinski definition) is 3. The third kappa shape index (κ3) is 2.96. The summed E-state index contributed by atoms with van der Waals surface area (Å²) in [6.07, 6.45) is 3.86. The third-order valence-electron chi connectivity index (χ3n) is 3.94. The van der Waals surface area contributed by atoms with Crippen molar-refractivity contribution in [3.8, 4) is 0 Å². The molecule has 3 atom stereocenters. The highest BCUT2D eigenvalue weighted by molar-refractivity contribution is 4.96. The van der Waals surface area contributed by atoms with Crippen molar-refractivity contribution in [2.75, 3.05) is 19.7 Å². The summed E-state index contributed by atoms with van der Waals surface area (Å²) in [5.74, 6) is 0.805. The van der Waals surface area contributed by atoms with Gasteiger partial charge in [0.05, 0.1) is 12.1 Å². The number of rotatable bonds is 5. The van der Waals surface area contributed by atoms with Crippen LogP contribution in [0.15, 0.2) is 0 Å². The van der Waals surface area contributed by atoms with Crippen LogP contribution in [0.1, 0.15) is 40.0 Å². The van der Waals surface area contributed by atoms with E-state index in [9.17, 15) is 5.11 Å². The molecule has 0 spiro atoms. The summed E-state index contributed by atoms with van der Waals surface area (Å²) in [6.45, 7) is 9.18. The molecule has 2 fully saturated rings. The molecule has 0 amide bonds. The molecule has 1 heterocycles. The molecule has 1 saturated carbocycles. The van der Waals surface area contributed by atoms with Gasteiger partial charge in [0, 0.05) is 25.2 Å². The Bertz CT molecular complexity index is 242. The molecule has 0 aromatic carbocycles. The Morgan fingerprint density at radius 2 is 2.06 bits per heavy atom. The normalized spacial score (nSPS) is 35.2. The number of likely N-dealkylation sites (tertiary alicyclic amines) is 1. The average molecular weight is 226 g/mol. The predicted octanol–water partition coefficient (Wildman–Crippen LogP) is 1.22. The second-order valence-corrected chi connectivity index (χ2v) is 6.26. The maximum absolute atomic E-state index is 9.59. The Hall–Kier alpha value is -0.120. The molecule has 0 radical (unpaired) electrons. The van der Waals surface area contributed by atoms with Gasteiger partial charge in [-0.05, 0) is 39.0 Å². The molecule has 0 aromatic rings. The van der Waals surface area contributed by atoms with Gasteiger partial charge in [-0.2, -0.15) is 0 Å². The van der Waals surface area contributed by atoms with E-state index in [2.05, 4.69) is 31.0 Å². The van der Waals surface area contributed by atoms with Gasteiger partial charge in [0.2, 0.25) is 0 Å². The van der Waals surface area contributed by atoms with Crippen molar-refractivity contribution in [2.24, 2.45) is 5.92 Å². The lowest BCUT2D eigenvalue weighted by Gasteiger charge is -2.35. The van der Waals surface area contributed by atoms with Crippen LogP contribution in [0.2, 0.25) is 0 Å². The highest BCUT2D eigenvalue weighted by atomic mass is 16.3. The molecular formula is C13H26N2O. The highest BCUT2D eigenvalue weighted by Crippen LogP contribution is 2.27. The van der Waals surface area contributed by atoms with Gasteiger partial charge in [0.15, 0.2) is 0 Å². The van der Waals surface area contributed by atoms with E-state index in [1.165, 1.54) is 25.8 Å². The van der Waals surface area contributed by atoms with Gasteiger partial charge in [-0.3, -0.25) is 4.90 Å². The quantitative estimate of drug-likeness (QED) is 0.740. The largest absolute Gasteiger partial charge is 0.394 e. The minimum atomic E-state index is -0.112. The summed E-state index contributed by atoms with van der Waals surface area (Å²) < 4.78 is 0. The first-order chi connectivity index (χ1) is 7.52. The highest BCUT2D eigenvalue weighted by Gasteiger charge is 2.36. The fourth-order valence-corrected chi connectivity index (χ4v) is 2.92. The molecule has 2 aliphatic rings. The maximum atomic E-state index is 9.59. The average Bonchev–Trinajstić information content (AvgIpc) is 2.94. The van der Waals surface area contributed by atoms with Crippen molar-refractivity contribution in [3.05, 3.63) is 0 Å². The molecule has 2 rings (SSSR count). The van der Waals surface area contributed by atoms with Crippen LogP contribution in [0.4, 0.5) is 0 Å². The summed E-state index contributed by atoms with van der Waals surface area (Å²) in [6, 6.07) is 1.33. The van der Waals surface area contributed by atoms with E-state index in [-0.39, 0.29) is 12.1 Å². The Morgan fingerprint density at radius 3 is 2.50 bits per heavy atom. The van der Waals surface area contributed by atoms with E-state index in [4.69, 9.17) is 0 Å². The fraction of sp³-hybridized carbons (Fsp3) is 1.00. The molecule has 3 heteroatoms. The predicted molar refractivity (Wildman–Crippen MR) is 66.5 cm³/mol. The number of aliphatic hydroxyl groups is 1. The zero-order chi connectivity index (χ0) is 11.8. The molecule has 1 aliphatic heterocycles. The van der Waals surface area contributed by atoms with Crippen molar-refractivity contribution < 1.29 is 5.11 Å². The first-order valence-corrected chi connectivity index (χ1v) is 6.65. The number of aliphatic hydroxyl groups excluding tert-OH is 1. The molecular weight excluding hydrogens is 200 g/mol. The van der Waals surface area contributed by atoms with Crippen LogP contribution in [-0.4, -0.2) is 47.3 Å².